The molecule has 0 aliphatic rings. The molecule has 1 N–H and O–H groups in total. The number of nitrogens with zero attached hydrogens (tertiary/aromatic N) is 1. The van der Waals surface area contributed by atoms with Gasteiger partial charge in [0.2, 0.25) is 5.91 Å². The molecule has 2 aromatic rings. The van der Waals surface area contributed by atoms with Gasteiger partial charge in [-0.2, -0.15) is 0 Å². The summed E-state index contributed by atoms with van der Waals surface area (Å²) in [7, 11) is 1.59. The molecule has 0 aliphatic heterocycles. The Hall–Kier alpha value is -2.82. The van der Waals surface area contributed by atoms with E-state index in [1.807, 2.05) is 62.4 Å². The predicted molar refractivity (Wildman–Crippen MR) is 111 cm³/mol. The maximum atomic E-state index is 13.0. The maximum absolute atomic E-state index is 13.0. The predicted octanol–water partition coefficient (Wildman–Crippen LogP) is 3.49. The van der Waals surface area contributed by atoms with Gasteiger partial charge < -0.3 is 15.0 Å². The van der Waals surface area contributed by atoms with E-state index in [9.17, 15) is 9.59 Å². The fraction of sp³-hybridized carbons (Fsp3) is 0.391. The first-order valence-corrected chi connectivity index (χ1v) is 9.77. The summed E-state index contributed by atoms with van der Waals surface area (Å²) in [5.74, 6) is 0.268. The van der Waals surface area contributed by atoms with Crippen LogP contribution in [0.4, 0.5) is 0 Å². The van der Waals surface area contributed by atoms with Crippen LogP contribution in [0.3, 0.4) is 0 Å². The fourth-order valence-corrected chi connectivity index (χ4v) is 3.11. The Morgan fingerprint density at radius 2 is 1.75 bits per heavy atom. The molecule has 0 fully saturated rings. The van der Waals surface area contributed by atoms with Crippen LogP contribution in [0.5, 0.6) is 5.75 Å². The second kappa shape index (κ2) is 10.5. The van der Waals surface area contributed by atoms with Crippen LogP contribution in [-0.2, 0) is 22.6 Å². The van der Waals surface area contributed by atoms with Crippen LogP contribution in [0, 0.1) is 6.92 Å². The van der Waals surface area contributed by atoms with Gasteiger partial charge in [0.1, 0.15) is 11.8 Å². The van der Waals surface area contributed by atoms with Gasteiger partial charge in [0, 0.05) is 13.6 Å². The van der Waals surface area contributed by atoms with E-state index in [1.54, 1.807) is 11.9 Å². The van der Waals surface area contributed by atoms with E-state index in [2.05, 4.69) is 12.2 Å². The van der Waals surface area contributed by atoms with Gasteiger partial charge in [0.25, 0.3) is 5.91 Å². The fourth-order valence-electron chi connectivity index (χ4n) is 3.11. The molecule has 0 heterocycles. The van der Waals surface area contributed by atoms with Gasteiger partial charge in [-0.1, -0.05) is 50.2 Å². The van der Waals surface area contributed by atoms with E-state index in [0.29, 0.717) is 18.7 Å². The average molecular weight is 383 g/mol. The maximum Gasteiger partial charge on any atom is 0.261 e. The third kappa shape index (κ3) is 5.59. The highest BCUT2D eigenvalue weighted by molar-refractivity contribution is 5.88. The summed E-state index contributed by atoms with van der Waals surface area (Å²) in [6.45, 7) is 6.26. The van der Waals surface area contributed by atoms with Crippen LogP contribution in [0.2, 0.25) is 0 Å². The number of hydrogen-bond donors (Lipinski definition) is 1. The monoisotopic (exact) mass is 382 g/mol. The van der Waals surface area contributed by atoms with Gasteiger partial charge in [0.15, 0.2) is 6.61 Å². The lowest BCUT2D eigenvalue weighted by Gasteiger charge is -2.30. The summed E-state index contributed by atoms with van der Waals surface area (Å²) in [4.78, 5) is 27.0. The van der Waals surface area contributed by atoms with Crippen LogP contribution >= 0.6 is 0 Å². The van der Waals surface area contributed by atoms with E-state index < -0.39 is 6.04 Å². The number of rotatable bonds is 9. The summed E-state index contributed by atoms with van der Waals surface area (Å²) < 4.78 is 5.70. The summed E-state index contributed by atoms with van der Waals surface area (Å²) in [6, 6.07) is 15.1. The molecule has 0 saturated carbocycles. The standard InChI is InChI=1S/C23H30N2O3/c1-5-18-11-13-20(14-12-18)28-16-22(26)25(21(6-2)23(27)24-4)15-19-10-8-7-9-17(19)3/h7-14,21H,5-6,15-16H2,1-4H3,(H,24,27)/t21-/m1/s1. The zero-order valence-corrected chi connectivity index (χ0v) is 17.2. The number of carbonyl (C=O) groups excluding carboxylic acids is 2. The van der Waals surface area contributed by atoms with E-state index >= 15 is 0 Å². The molecule has 2 aromatic carbocycles. The Morgan fingerprint density at radius 3 is 2.32 bits per heavy atom. The number of benzene rings is 2. The van der Waals surface area contributed by atoms with E-state index in [1.165, 1.54) is 5.56 Å². The minimum atomic E-state index is -0.539. The third-order valence-corrected chi connectivity index (χ3v) is 4.93. The second-order valence-corrected chi connectivity index (χ2v) is 6.77. The van der Waals surface area contributed by atoms with Crippen molar-refractivity contribution in [2.24, 2.45) is 0 Å². The van der Waals surface area contributed by atoms with Crippen LogP contribution in [0.15, 0.2) is 48.5 Å². The molecule has 0 unspecified atom stereocenters. The second-order valence-electron chi connectivity index (χ2n) is 6.77. The van der Waals surface area contributed by atoms with Gasteiger partial charge in [-0.25, -0.2) is 0 Å². The first kappa shape index (κ1) is 21.5. The van der Waals surface area contributed by atoms with Crippen LogP contribution in [0.1, 0.15) is 37.0 Å². The van der Waals surface area contributed by atoms with Gasteiger partial charge in [-0.05, 0) is 48.6 Å². The number of aryl methyl sites for hydroxylation is 2. The Kier molecular flexibility index (Phi) is 8.05. The lowest BCUT2D eigenvalue weighted by Crippen LogP contribution is -2.49. The Labute approximate surface area is 167 Å². The molecule has 0 aromatic heterocycles. The van der Waals surface area contributed by atoms with Crippen molar-refractivity contribution in [3.8, 4) is 5.75 Å². The summed E-state index contributed by atoms with van der Waals surface area (Å²) in [5, 5.41) is 2.66. The normalized spacial score (nSPS) is 11.6. The molecule has 0 spiro atoms. The van der Waals surface area contributed by atoms with Gasteiger partial charge in [-0.3, -0.25) is 9.59 Å². The molecule has 2 rings (SSSR count). The van der Waals surface area contributed by atoms with Crippen molar-refractivity contribution < 1.29 is 14.3 Å². The molecule has 5 heteroatoms. The first-order chi connectivity index (χ1) is 13.5. The van der Waals surface area contributed by atoms with Crippen molar-refractivity contribution in [2.75, 3.05) is 13.7 Å². The van der Waals surface area contributed by atoms with Crippen molar-refractivity contribution in [2.45, 2.75) is 46.2 Å². The molecule has 28 heavy (non-hydrogen) atoms. The van der Waals surface area contributed by atoms with Crippen LogP contribution < -0.4 is 10.1 Å². The molecule has 2 amide bonds. The first-order valence-electron chi connectivity index (χ1n) is 9.77. The number of carbonyl (C=O) groups is 2. The van der Waals surface area contributed by atoms with Crippen molar-refractivity contribution in [1.29, 1.82) is 0 Å². The lowest BCUT2D eigenvalue weighted by molar-refractivity contribution is -0.142. The van der Waals surface area contributed by atoms with Crippen molar-refractivity contribution in [3.05, 3.63) is 65.2 Å². The zero-order valence-electron chi connectivity index (χ0n) is 17.2. The minimum absolute atomic E-state index is 0.106. The summed E-state index contributed by atoms with van der Waals surface area (Å²) in [6.07, 6.45) is 1.48. The number of amides is 2. The number of likely N-dealkylation sites (N-methyl/N-ethyl adjacent to an activating group) is 1. The molecule has 1 atom stereocenters. The van der Waals surface area contributed by atoms with Crippen molar-refractivity contribution >= 4 is 11.8 Å². The molecule has 0 saturated heterocycles. The summed E-state index contributed by atoms with van der Waals surface area (Å²) >= 11 is 0. The Morgan fingerprint density at radius 1 is 1.07 bits per heavy atom. The SMILES string of the molecule is CCc1ccc(OCC(=O)N(Cc2ccccc2C)[C@H](CC)C(=O)NC)cc1. The van der Waals surface area contributed by atoms with Gasteiger partial charge in [-0.15, -0.1) is 0 Å². The number of nitrogens with one attached hydrogen (secondary N) is 1. The average Bonchev–Trinajstić information content (AvgIpc) is 2.73. The highest BCUT2D eigenvalue weighted by Crippen LogP contribution is 2.17. The summed E-state index contributed by atoms with van der Waals surface area (Å²) in [5.41, 5.74) is 3.32. The highest BCUT2D eigenvalue weighted by atomic mass is 16.5. The molecule has 150 valence electrons. The zero-order chi connectivity index (χ0) is 20.5. The third-order valence-electron chi connectivity index (χ3n) is 4.93. The topological polar surface area (TPSA) is 58.6 Å². The smallest absolute Gasteiger partial charge is 0.261 e. The van der Waals surface area contributed by atoms with E-state index in [4.69, 9.17) is 4.74 Å². The largest absolute Gasteiger partial charge is 0.484 e. The molecule has 0 aliphatic carbocycles. The Balaban J connectivity index is 2.17. The molecular weight excluding hydrogens is 352 g/mol. The van der Waals surface area contributed by atoms with Gasteiger partial charge >= 0.3 is 0 Å². The van der Waals surface area contributed by atoms with Crippen LogP contribution in [0.25, 0.3) is 0 Å². The lowest BCUT2D eigenvalue weighted by atomic mass is 10.1. The van der Waals surface area contributed by atoms with Crippen molar-refractivity contribution in [1.82, 2.24) is 10.2 Å². The quantitative estimate of drug-likeness (QED) is 0.722. The number of hydrogen-bond acceptors (Lipinski definition) is 3. The minimum Gasteiger partial charge on any atom is -0.484 e. The molecule has 0 radical (unpaired) electrons. The van der Waals surface area contributed by atoms with Crippen molar-refractivity contribution in [3.63, 3.8) is 0 Å². The van der Waals surface area contributed by atoms with Crippen LogP contribution in [-0.4, -0.2) is 36.4 Å². The molecule has 5 nitrogen and oxygen atoms in total. The van der Waals surface area contributed by atoms with Gasteiger partial charge in [0.05, 0.1) is 0 Å². The number of ether oxygens (including phenoxy) is 1. The highest BCUT2D eigenvalue weighted by Gasteiger charge is 2.28. The molecule has 0 bridgehead atoms. The molecular formula is C23H30N2O3. The van der Waals surface area contributed by atoms with E-state index in [-0.39, 0.29) is 18.4 Å². The van der Waals surface area contributed by atoms with E-state index in [0.717, 1.165) is 17.5 Å². The Bertz CT molecular complexity index is 787.